The molecule has 3 N–H and O–H groups in total. The summed E-state index contributed by atoms with van der Waals surface area (Å²) >= 11 is 0. The molecular weight excluding hydrogens is 278 g/mol. The second kappa shape index (κ2) is 6.67. The number of likely N-dealkylation sites (N-methyl/N-ethyl adjacent to an activating group) is 1. The van der Waals surface area contributed by atoms with E-state index in [1.807, 2.05) is 18.0 Å². The van der Waals surface area contributed by atoms with Crippen LogP contribution in [-0.2, 0) is 17.8 Å². The van der Waals surface area contributed by atoms with E-state index in [9.17, 15) is 9.90 Å². The summed E-state index contributed by atoms with van der Waals surface area (Å²) in [5, 5.41) is 16.2. The summed E-state index contributed by atoms with van der Waals surface area (Å²) in [6, 6.07) is 5.26. The maximum Gasteiger partial charge on any atom is 0.239 e. The number of nitrogens with one attached hydrogen (secondary N) is 2. The van der Waals surface area contributed by atoms with Crippen molar-refractivity contribution < 1.29 is 9.90 Å². The Balaban J connectivity index is 1.59. The lowest BCUT2D eigenvalue weighted by molar-refractivity contribution is -0.133. The number of carbonyl (C=O) groups excluding carboxylic acids is 1. The Morgan fingerprint density at radius 3 is 2.86 bits per heavy atom. The van der Waals surface area contributed by atoms with Gasteiger partial charge in [-0.25, -0.2) is 0 Å². The number of amides is 1. The molecule has 2 aliphatic rings. The number of piperidine rings is 1. The van der Waals surface area contributed by atoms with Gasteiger partial charge in [-0.3, -0.25) is 4.79 Å². The number of phenols is 1. The molecule has 0 spiro atoms. The predicted molar refractivity (Wildman–Crippen MR) is 85.7 cm³/mol. The van der Waals surface area contributed by atoms with Crippen LogP contribution < -0.4 is 10.6 Å². The fraction of sp³-hybridized carbons (Fsp3) is 0.588. The van der Waals surface area contributed by atoms with Gasteiger partial charge in [0.05, 0.1) is 6.04 Å². The zero-order valence-electron chi connectivity index (χ0n) is 13.1. The molecule has 2 aliphatic heterocycles. The Kier molecular flexibility index (Phi) is 4.64. The summed E-state index contributed by atoms with van der Waals surface area (Å²) in [4.78, 5) is 14.5. The average molecular weight is 303 g/mol. The maximum absolute atomic E-state index is 12.6. The molecule has 0 unspecified atom stereocenters. The van der Waals surface area contributed by atoms with Crippen molar-refractivity contribution in [3.8, 4) is 5.75 Å². The SMILES string of the molecule is CN(CC1CCNCC1)C(=O)[C@@H]1Cc2ccc(O)cc2CN1. The highest BCUT2D eigenvalue weighted by Crippen LogP contribution is 2.22. The summed E-state index contributed by atoms with van der Waals surface area (Å²) in [7, 11) is 1.92. The van der Waals surface area contributed by atoms with Gasteiger partial charge in [0.15, 0.2) is 0 Å². The molecule has 1 amide bonds. The number of hydrogen-bond donors (Lipinski definition) is 3. The third-order valence-electron chi connectivity index (χ3n) is 4.82. The van der Waals surface area contributed by atoms with Crippen LogP contribution in [0, 0.1) is 5.92 Å². The van der Waals surface area contributed by atoms with Crippen molar-refractivity contribution in [1.29, 1.82) is 0 Å². The third kappa shape index (κ3) is 3.42. The van der Waals surface area contributed by atoms with Gasteiger partial charge in [0.25, 0.3) is 0 Å². The molecule has 5 nitrogen and oxygen atoms in total. The number of carbonyl (C=O) groups is 1. The summed E-state index contributed by atoms with van der Waals surface area (Å²) in [5.74, 6) is 1.08. The minimum atomic E-state index is -0.149. The molecule has 2 heterocycles. The van der Waals surface area contributed by atoms with Gasteiger partial charge in [0.1, 0.15) is 5.75 Å². The van der Waals surface area contributed by atoms with E-state index in [-0.39, 0.29) is 17.7 Å². The minimum Gasteiger partial charge on any atom is -0.508 e. The van der Waals surface area contributed by atoms with E-state index in [1.165, 1.54) is 0 Å². The molecule has 0 aliphatic carbocycles. The first-order chi connectivity index (χ1) is 10.6. The number of phenolic OH excluding ortho intramolecular Hbond substituents is 1. The van der Waals surface area contributed by atoms with Crippen LogP contribution in [0.15, 0.2) is 18.2 Å². The number of aromatic hydroxyl groups is 1. The van der Waals surface area contributed by atoms with Gasteiger partial charge in [-0.2, -0.15) is 0 Å². The van der Waals surface area contributed by atoms with Gasteiger partial charge in [-0.15, -0.1) is 0 Å². The number of benzene rings is 1. The largest absolute Gasteiger partial charge is 0.508 e. The quantitative estimate of drug-likeness (QED) is 0.775. The molecule has 3 rings (SSSR count). The molecule has 1 aromatic rings. The lowest BCUT2D eigenvalue weighted by Gasteiger charge is -2.32. The fourth-order valence-corrected chi connectivity index (χ4v) is 3.48. The summed E-state index contributed by atoms with van der Waals surface area (Å²) in [6.07, 6.45) is 3.00. The number of nitrogens with zero attached hydrogens (tertiary/aromatic N) is 1. The number of fused-ring (bicyclic) bond motifs is 1. The monoisotopic (exact) mass is 303 g/mol. The van der Waals surface area contributed by atoms with E-state index in [4.69, 9.17) is 0 Å². The zero-order chi connectivity index (χ0) is 15.5. The first kappa shape index (κ1) is 15.3. The first-order valence-corrected chi connectivity index (χ1v) is 8.13. The van der Waals surface area contributed by atoms with E-state index in [1.54, 1.807) is 12.1 Å². The van der Waals surface area contributed by atoms with Gasteiger partial charge in [-0.05, 0) is 61.5 Å². The van der Waals surface area contributed by atoms with Crippen molar-refractivity contribution in [2.45, 2.75) is 31.8 Å². The van der Waals surface area contributed by atoms with Crippen molar-refractivity contribution in [2.75, 3.05) is 26.7 Å². The van der Waals surface area contributed by atoms with Crippen LogP contribution >= 0.6 is 0 Å². The van der Waals surface area contributed by atoms with Gasteiger partial charge >= 0.3 is 0 Å². The Hall–Kier alpha value is -1.59. The van der Waals surface area contributed by atoms with Crippen molar-refractivity contribution >= 4 is 5.91 Å². The highest BCUT2D eigenvalue weighted by molar-refractivity contribution is 5.82. The summed E-state index contributed by atoms with van der Waals surface area (Å²) < 4.78 is 0. The summed E-state index contributed by atoms with van der Waals surface area (Å²) in [5.41, 5.74) is 2.25. The molecule has 1 atom stereocenters. The number of hydrogen-bond acceptors (Lipinski definition) is 4. The van der Waals surface area contributed by atoms with Gasteiger partial charge in [0, 0.05) is 20.1 Å². The van der Waals surface area contributed by atoms with Gasteiger partial charge < -0.3 is 20.6 Å². The molecule has 0 aromatic heterocycles. The molecule has 120 valence electrons. The minimum absolute atomic E-state index is 0.149. The van der Waals surface area contributed by atoms with Crippen LogP contribution in [0.25, 0.3) is 0 Å². The molecule has 5 heteroatoms. The van der Waals surface area contributed by atoms with Crippen molar-refractivity contribution in [3.05, 3.63) is 29.3 Å². The number of rotatable bonds is 3. The van der Waals surface area contributed by atoms with Crippen LogP contribution in [0.4, 0.5) is 0 Å². The molecule has 1 aromatic carbocycles. The van der Waals surface area contributed by atoms with E-state index >= 15 is 0 Å². The third-order valence-corrected chi connectivity index (χ3v) is 4.82. The second-order valence-electron chi connectivity index (χ2n) is 6.50. The van der Waals surface area contributed by atoms with Crippen LogP contribution in [-0.4, -0.2) is 48.6 Å². The lowest BCUT2D eigenvalue weighted by atomic mass is 9.94. The standard InChI is InChI=1S/C17H25N3O2/c1-20(11-12-4-6-18-7-5-12)17(22)16-9-13-2-3-15(21)8-14(13)10-19-16/h2-3,8,12,16,18-19,21H,4-7,9-11H2,1H3/t16-/m0/s1. The topological polar surface area (TPSA) is 64.6 Å². The lowest BCUT2D eigenvalue weighted by Crippen LogP contribution is -2.49. The second-order valence-corrected chi connectivity index (χ2v) is 6.50. The Morgan fingerprint density at radius 2 is 2.09 bits per heavy atom. The maximum atomic E-state index is 12.6. The Bertz CT molecular complexity index is 541. The van der Waals surface area contributed by atoms with E-state index < -0.39 is 0 Å². The Labute approximate surface area is 131 Å². The zero-order valence-corrected chi connectivity index (χ0v) is 13.1. The predicted octanol–water partition coefficient (Wildman–Crippen LogP) is 0.864. The highest BCUT2D eigenvalue weighted by atomic mass is 16.3. The molecular formula is C17H25N3O2. The molecule has 1 saturated heterocycles. The first-order valence-electron chi connectivity index (χ1n) is 8.13. The van der Waals surface area contributed by atoms with Crippen molar-refractivity contribution in [3.63, 3.8) is 0 Å². The van der Waals surface area contributed by atoms with Crippen LogP contribution in [0.2, 0.25) is 0 Å². The van der Waals surface area contributed by atoms with Crippen molar-refractivity contribution in [2.24, 2.45) is 5.92 Å². The molecule has 0 saturated carbocycles. The highest BCUT2D eigenvalue weighted by Gasteiger charge is 2.28. The van der Waals surface area contributed by atoms with E-state index in [2.05, 4.69) is 10.6 Å². The van der Waals surface area contributed by atoms with Gasteiger partial charge in [0.2, 0.25) is 5.91 Å². The van der Waals surface area contributed by atoms with Gasteiger partial charge in [-0.1, -0.05) is 6.07 Å². The van der Waals surface area contributed by atoms with E-state index in [0.717, 1.165) is 43.6 Å². The summed E-state index contributed by atoms with van der Waals surface area (Å²) in [6.45, 7) is 3.61. The molecule has 0 radical (unpaired) electrons. The van der Waals surface area contributed by atoms with E-state index in [0.29, 0.717) is 18.9 Å². The molecule has 22 heavy (non-hydrogen) atoms. The molecule has 0 bridgehead atoms. The van der Waals surface area contributed by atoms with Crippen molar-refractivity contribution in [1.82, 2.24) is 15.5 Å². The van der Waals surface area contributed by atoms with Crippen LogP contribution in [0.3, 0.4) is 0 Å². The fourth-order valence-electron chi connectivity index (χ4n) is 3.48. The average Bonchev–Trinajstić information content (AvgIpc) is 2.54. The molecule has 1 fully saturated rings. The van der Waals surface area contributed by atoms with Crippen LogP contribution in [0.1, 0.15) is 24.0 Å². The van der Waals surface area contributed by atoms with Crippen LogP contribution in [0.5, 0.6) is 5.75 Å². The Morgan fingerprint density at radius 1 is 1.32 bits per heavy atom. The normalized spacial score (nSPS) is 22.1. The smallest absolute Gasteiger partial charge is 0.239 e.